The number of aromatic nitrogens is 5. The molecule has 0 saturated carbocycles. The molecular weight excluding hydrogens is 463 g/mol. The molecule has 1 saturated heterocycles. The summed E-state index contributed by atoms with van der Waals surface area (Å²) < 4.78 is 26.0. The number of methoxy groups -OCH3 is 2. The molecule has 36 heavy (non-hydrogen) atoms. The van der Waals surface area contributed by atoms with E-state index in [1.807, 2.05) is 12.1 Å². The van der Waals surface area contributed by atoms with Crippen molar-refractivity contribution in [1.29, 1.82) is 0 Å². The van der Waals surface area contributed by atoms with Crippen molar-refractivity contribution in [3.8, 4) is 11.5 Å². The number of hydrogen-bond donors (Lipinski definition) is 1. The number of aromatic amines is 1. The summed E-state index contributed by atoms with van der Waals surface area (Å²) in [6.45, 7) is 2.03. The second kappa shape index (κ2) is 10.4. The topological polar surface area (TPSA) is 98.2 Å². The first-order valence-electron chi connectivity index (χ1n) is 12.1. The van der Waals surface area contributed by atoms with E-state index >= 15 is 0 Å². The van der Waals surface area contributed by atoms with E-state index in [9.17, 15) is 9.18 Å². The van der Waals surface area contributed by atoms with Crippen LogP contribution in [0, 0.1) is 5.82 Å². The van der Waals surface area contributed by atoms with E-state index in [1.165, 1.54) is 12.1 Å². The van der Waals surface area contributed by atoms with E-state index in [0.29, 0.717) is 34.9 Å². The van der Waals surface area contributed by atoms with Crippen LogP contribution in [-0.4, -0.2) is 57.4 Å². The number of rotatable bonds is 7. The number of H-pyrrole nitrogens is 1. The molecule has 1 aliphatic rings. The first kappa shape index (κ1) is 23.9. The maximum Gasteiger partial charge on any atom is 0.253 e. The summed E-state index contributed by atoms with van der Waals surface area (Å²) in [7, 11) is 3.15. The molecule has 2 aromatic carbocycles. The van der Waals surface area contributed by atoms with Gasteiger partial charge >= 0.3 is 0 Å². The molecule has 1 N–H and O–H groups in total. The van der Waals surface area contributed by atoms with Crippen molar-refractivity contribution in [3.63, 3.8) is 0 Å². The lowest BCUT2D eigenvalue weighted by molar-refractivity contribution is 0.220. The summed E-state index contributed by atoms with van der Waals surface area (Å²) >= 11 is 0. The van der Waals surface area contributed by atoms with Gasteiger partial charge in [-0.3, -0.25) is 9.69 Å². The first-order chi connectivity index (χ1) is 17.6. The Bertz CT molecular complexity index is 1390. The van der Waals surface area contributed by atoms with Gasteiger partial charge in [-0.25, -0.2) is 9.07 Å². The molecular formula is C26H29FN6O3. The number of benzene rings is 2. The highest BCUT2D eigenvalue weighted by Crippen LogP contribution is 2.34. The third-order valence-corrected chi connectivity index (χ3v) is 6.73. The Kier molecular flexibility index (Phi) is 6.95. The third-order valence-electron chi connectivity index (χ3n) is 6.73. The number of pyridine rings is 1. The minimum atomic E-state index is -0.445. The predicted octanol–water partition coefficient (Wildman–Crippen LogP) is 3.68. The Balaban J connectivity index is 1.63. The molecule has 0 spiro atoms. The lowest BCUT2D eigenvalue weighted by Crippen LogP contribution is -2.36. The highest BCUT2D eigenvalue weighted by molar-refractivity contribution is 5.83. The van der Waals surface area contributed by atoms with Crippen LogP contribution in [0.25, 0.3) is 10.9 Å². The van der Waals surface area contributed by atoms with Gasteiger partial charge in [0.1, 0.15) is 11.9 Å². The third kappa shape index (κ3) is 4.81. The van der Waals surface area contributed by atoms with E-state index in [2.05, 4.69) is 25.4 Å². The minimum absolute atomic E-state index is 0.208. The lowest BCUT2D eigenvalue weighted by atomic mass is 10.0. The van der Waals surface area contributed by atoms with Crippen molar-refractivity contribution in [2.75, 3.05) is 27.3 Å². The van der Waals surface area contributed by atoms with Gasteiger partial charge in [0, 0.05) is 17.0 Å². The van der Waals surface area contributed by atoms with Gasteiger partial charge in [0.25, 0.3) is 5.56 Å². The molecule has 9 nitrogen and oxygen atoms in total. The van der Waals surface area contributed by atoms with Crippen molar-refractivity contribution >= 4 is 10.9 Å². The average molecular weight is 493 g/mol. The highest BCUT2D eigenvalue weighted by Gasteiger charge is 2.31. The average Bonchev–Trinajstić information content (AvgIpc) is 3.16. The Labute approximate surface area is 207 Å². The fraction of sp³-hybridized carbons (Fsp3) is 0.385. The molecule has 5 rings (SSSR count). The lowest BCUT2D eigenvalue weighted by Gasteiger charge is -2.29. The van der Waals surface area contributed by atoms with Crippen LogP contribution < -0.4 is 15.0 Å². The minimum Gasteiger partial charge on any atom is -0.493 e. The van der Waals surface area contributed by atoms with Gasteiger partial charge in [0.2, 0.25) is 0 Å². The molecule has 10 heteroatoms. The summed E-state index contributed by atoms with van der Waals surface area (Å²) in [4.78, 5) is 18.8. The Morgan fingerprint density at radius 3 is 2.39 bits per heavy atom. The number of likely N-dealkylation sites (tertiary alicyclic amines) is 1. The van der Waals surface area contributed by atoms with Crippen molar-refractivity contribution in [3.05, 3.63) is 75.6 Å². The van der Waals surface area contributed by atoms with Crippen LogP contribution in [-0.2, 0) is 6.54 Å². The summed E-state index contributed by atoms with van der Waals surface area (Å²) in [5.41, 5.74) is 1.87. The zero-order chi connectivity index (χ0) is 25.1. The number of nitrogens with zero attached hydrogens (tertiary/aromatic N) is 5. The van der Waals surface area contributed by atoms with Gasteiger partial charge in [0.05, 0.1) is 26.3 Å². The monoisotopic (exact) mass is 492 g/mol. The van der Waals surface area contributed by atoms with Crippen LogP contribution in [0.5, 0.6) is 11.5 Å². The van der Waals surface area contributed by atoms with Crippen LogP contribution >= 0.6 is 0 Å². The maximum atomic E-state index is 13.5. The largest absolute Gasteiger partial charge is 0.493 e. The molecule has 1 atom stereocenters. The summed E-state index contributed by atoms with van der Waals surface area (Å²) in [5.74, 6) is 1.40. The van der Waals surface area contributed by atoms with Crippen LogP contribution in [0.15, 0.2) is 47.3 Å². The first-order valence-corrected chi connectivity index (χ1v) is 12.1. The van der Waals surface area contributed by atoms with Gasteiger partial charge in [-0.05, 0) is 66.2 Å². The van der Waals surface area contributed by atoms with E-state index in [-0.39, 0.29) is 11.4 Å². The SMILES string of the molecule is COc1cc2cc([C@H](c3nnnn3Cc3ccc(F)cc3)N3CCCCCC3)c(=O)[nH]c2cc1OC. The highest BCUT2D eigenvalue weighted by atomic mass is 19.1. The quantitative estimate of drug-likeness (QED) is 0.420. The number of hydrogen-bond acceptors (Lipinski definition) is 7. The van der Waals surface area contributed by atoms with Gasteiger partial charge in [-0.2, -0.15) is 0 Å². The van der Waals surface area contributed by atoms with Crippen LogP contribution in [0.1, 0.15) is 48.7 Å². The zero-order valence-electron chi connectivity index (χ0n) is 20.4. The van der Waals surface area contributed by atoms with Crippen LogP contribution in [0.3, 0.4) is 0 Å². The summed E-state index contributed by atoms with van der Waals surface area (Å²) in [6.07, 6.45) is 4.36. The summed E-state index contributed by atoms with van der Waals surface area (Å²) in [5, 5.41) is 13.4. The van der Waals surface area contributed by atoms with E-state index in [0.717, 1.165) is 49.7 Å². The van der Waals surface area contributed by atoms with Crippen molar-refractivity contribution < 1.29 is 13.9 Å². The fourth-order valence-corrected chi connectivity index (χ4v) is 4.89. The van der Waals surface area contributed by atoms with Gasteiger partial charge < -0.3 is 14.5 Å². The van der Waals surface area contributed by atoms with Crippen molar-refractivity contribution in [1.82, 2.24) is 30.1 Å². The Morgan fingerprint density at radius 1 is 1.00 bits per heavy atom. The number of nitrogens with one attached hydrogen (secondary N) is 1. The maximum absolute atomic E-state index is 13.5. The molecule has 0 radical (unpaired) electrons. The molecule has 2 aromatic heterocycles. The van der Waals surface area contributed by atoms with Crippen molar-refractivity contribution in [2.24, 2.45) is 0 Å². The second-order valence-corrected chi connectivity index (χ2v) is 9.02. The molecule has 0 bridgehead atoms. The normalized spacial score (nSPS) is 15.5. The second-order valence-electron chi connectivity index (χ2n) is 9.02. The Hall–Kier alpha value is -3.79. The van der Waals surface area contributed by atoms with Crippen LogP contribution in [0.2, 0.25) is 0 Å². The number of halogens is 1. The molecule has 0 unspecified atom stereocenters. The number of tetrazole rings is 1. The number of ether oxygens (including phenoxy) is 2. The molecule has 1 fully saturated rings. The molecule has 188 valence electrons. The molecule has 0 amide bonds. The molecule has 0 aliphatic carbocycles. The smallest absolute Gasteiger partial charge is 0.253 e. The van der Waals surface area contributed by atoms with Crippen LogP contribution in [0.4, 0.5) is 4.39 Å². The molecule has 1 aliphatic heterocycles. The van der Waals surface area contributed by atoms with Crippen molar-refractivity contribution in [2.45, 2.75) is 38.3 Å². The predicted molar refractivity (Wildman–Crippen MR) is 133 cm³/mol. The Morgan fingerprint density at radius 2 is 1.69 bits per heavy atom. The van der Waals surface area contributed by atoms with E-state index < -0.39 is 6.04 Å². The van der Waals surface area contributed by atoms with Gasteiger partial charge in [0.15, 0.2) is 17.3 Å². The number of fused-ring (bicyclic) bond motifs is 1. The van der Waals surface area contributed by atoms with Gasteiger partial charge in [-0.1, -0.05) is 25.0 Å². The zero-order valence-corrected chi connectivity index (χ0v) is 20.4. The van der Waals surface area contributed by atoms with Gasteiger partial charge in [-0.15, -0.1) is 5.10 Å². The molecule has 3 heterocycles. The van der Waals surface area contributed by atoms with E-state index in [4.69, 9.17) is 9.47 Å². The summed E-state index contributed by atoms with van der Waals surface area (Å²) in [6, 6.07) is 11.3. The molecule has 4 aromatic rings. The van der Waals surface area contributed by atoms with E-state index in [1.54, 1.807) is 37.1 Å². The standard InChI is InChI=1S/C26H29FN6O3/c1-35-22-14-18-13-20(26(34)28-21(18)15-23(22)36-2)24(32-11-5-3-4-6-12-32)25-29-30-31-33(25)16-17-7-9-19(27)10-8-17/h7-10,13-15,24H,3-6,11-12,16H2,1-2H3,(H,28,34)/t24-/m1/s1. The fourth-order valence-electron chi connectivity index (χ4n) is 4.89.